The number of hydrogen-bond acceptors (Lipinski definition) is 3. The first-order valence-corrected chi connectivity index (χ1v) is 10.3. The molecule has 29 heavy (non-hydrogen) atoms. The van der Waals surface area contributed by atoms with Crippen LogP contribution in [0.2, 0.25) is 0 Å². The van der Waals surface area contributed by atoms with Crippen LogP contribution in [-0.4, -0.2) is 42.5 Å². The Morgan fingerprint density at radius 1 is 1.14 bits per heavy atom. The summed E-state index contributed by atoms with van der Waals surface area (Å²) in [4.78, 5) is 29.7. The molecule has 1 fully saturated rings. The van der Waals surface area contributed by atoms with Crippen molar-refractivity contribution in [2.24, 2.45) is 5.92 Å². The van der Waals surface area contributed by atoms with Gasteiger partial charge in [-0.25, -0.2) is 0 Å². The van der Waals surface area contributed by atoms with E-state index in [9.17, 15) is 9.59 Å². The molecule has 2 aromatic carbocycles. The predicted octanol–water partition coefficient (Wildman–Crippen LogP) is 3.59. The minimum atomic E-state index is -1.51. The monoisotopic (exact) mass is 392 g/mol. The number of aryl methyl sites for hydroxylation is 1. The van der Waals surface area contributed by atoms with E-state index in [1.807, 2.05) is 31.2 Å². The van der Waals surface area contributed by atoms with Gasteiger partial charge in [-0.05, 0) is 62.3 Å². The number of fused-ring (bicyclic) bond motifs is 1. The highest BCUT2D eigenvalue weighted by Crippen LogP contribution is 2.38. The summed E-state index contributed by atoms with van der Waals surface area (Å²) in [5.41, 5.74) is 1.58. The van der Waals surface area contributed by atoms with Crippen LogP contribution in [0.4, 0.5) is 5.69 Å². The van der Waals surface area contributed by atoms with Gasteiger partial charge in [-0.3, -0.25) is 9.59 Å². The van der Waals surface area contributed by atoms with Crippen molar-refractivity contribution in [3.8, 4) is 5.75 Å². The fourth-order valence-electron chi connectivity index (χ4n) is 4.39. The van der Waals surface area contributed by atoms with E-state index >= 15 is 0 Å². The third kappa shape index (κ3) is 3.61. The number of carbonyl (C=O) groups excluding carboxylic acids is 2. The first-order chi connectivity index (χ1) is 13.9. The van der Waals surface area contributed by atoms with Crippen molar-refractivity contribution in [2.75, 3.05) is 25.0 Å². The SMILES string of the molecule is Cc1ccc2c(c1)N(C)C(=O)C(C)(C(=O)N1CCC(Cc3ccccc3)CC1)O2. The van der Waals surface area contributed by atoms with E-state index in [0.29, 0.717) is 30.4 Å². The number of anilines is 1. The number of nitrogens with zero attached hydrogens (tertiary/aromatic N) is 2. The zero-order valence-corrected chi connectivity index (χ0v) is 17.4. The lowest BCUT2D eigenvalue weighted by Gasteiger charge is -2.42. The van der Waals surface area contributed by atoms with Crippen LogP contribution in [-0.2, 0) is 16.0 Å². The number of likely N-dealkylation sites (N-methyl/N-ethyl adjacent to an activating group) is 1. The first kappa shape index (κ1) is 19.5. The Labute approximate surface area is 172 Å². The summed E-state index contributed by atoms with van der Waals surface area (Å²) in [5.74, 6) is 0.585. The highest BCUT2D eigenvalue weighted by molar-refractivity contribution is 6.16. The minimum Gasteiger partial charge on any atom is -0.465 e. The molecule has 0 N–H and O–H groups in total. The number of ether oxygens (including phenoxy) is 1. The second-order valence-electron chi connectivity index (χ2n) is 8.40. The number of piperidine rings is 1. The molecule has 5 nitrogen and oxygen atoms in total. The summed E-state index contributed by atoms with van der Waals surface area (Å²) in [6.45, 7) is 4.89. The molecule has 2 aliphatic heterocycles. The van der Waals surface area contributed by atoms with Crippen molar-refractivity contribution < 1.29 is 14.3 Å². The van der Waals surface area contributed by atoms with E-state index in [0.717, 1.165) is 24.8 Å². The van der Waals surface area contributed by atoms with E-state index in [1.165, 1.54) is 5.56 Å². The zero-order valence-electron chi connectivity index (χ0n) is 17.4. The molecule has 0 aliphatic carbocycles. The van der Waals surface area contributed by atoms with Crippen LogP contribution in [0, 0.1) is 12.8 Å². The molecule has 4 rings (SSSR count). The quantitative estimate of drug-likeness (QED) is 0.750. The molecule has 0 spiro atoms. The van der Waals surface area contributed by atoms with Crippen LogP contribution >= 0.6 is 0 Å². The topological polar surface area (TPSA) is 49.9 Å². The Morgan fingerprint density at radius 3 is 2.52 bits per heavy atom. The molecule has 1 atom stereocenters. The second-order valence-corrected chi connectivity index (χ2v) is 8.40. The summed E-state index contributed by atoms with van der Waals surface area (Å²) in [7, 11) is 1.71. The van der Waals surface area contributed by atoms with Crippen LogP contribution in [0.15, 0.2) is 48.5 Å². The maximum absolute atomic E-state index is 13.3. The summed E-state index contributed by atoms with van der Waals surface area (Å²) < 4.78 is 6.01. The summed E-state index contributed by atoms with van der Waals surface area (Å²) >= 11 is 0. The Morgan fingerprint density at radius 2 is 1.83 bits per heavy atom. The lowest BCUT2D eigenvalue weighted by Crippen LogP contribution is -2.63. The molecular formula is C24H28N2O3. The largest absolute Gasteiger partial charge is 0.465 e. The van der Waals surface area contributed by atoms with Gasteiger partial charge in [0.25, 0.3) is 17.4 Å². The molecule has 2 aromatic rings. The third-order valence-corrected chi connectivity index (χ3v) is 6.18. The Hall–Kier alpha value is -2.82. The van der Waals surface area contributed by atoms with E-state index in [4.69, 9.17) is 4.74 Å². The van der Waals surface area contributed by atoms with Crippen LogP contribution < -0.4 is 9.64 Å². The standard InChI is InChI=1S/C24H28N2O3/c1-17-9-10-21-20(15-17)25(3)22(27)24(2,29-21)23(28)26-13-11-19(12-14-26)16-18-7-5-4-6-8-18/h4-10,15,19H,11-14,16H2,1-3H3. The normalized spacial score (nSPS) is 22.2. The molecule has 1 unspecified atom stereocenters. The van der Waals surface area contributed by atoms with Gasteiger partial charge in [-0.15, -0.1) is 0 Å². The zero-order chi connectivity index (χ0) is 20.6. The minimum absolute atomic E-state index is 0.237. The van der Waals surface area contributed by atoms with Crippen LogP contribution in [0.25, 0.3) is 0 Å². The van der Waals surface area contributed by atoms with Gasteiger partial charge in [0.1, 0.15) is 5.75 Å². The maximum atomic E-state index is 13.3. The van der Waals surface area contributed by atoms with Crippen LogP contribution in [0.1, 0.15) is 30.9 Å². The van der Waals surface area contributed by atoms with Crippen molar-refractivity contribution in [1.82, 2.24) is 4.90 Å². The number of hydrogen-bond donors (Lipinski definition) is 0. The predicted molar refractivity (Wildman–Crippen MR) is 113 cm³/mol. The molecule has 5 heteroatoms. The van der Waals surface area contributed by atoms with E-state index in [2.05, 4.69) is 24.3 Å². The van der Waals surface area contributed by atoms with E-state index in [1.54, 1.807) is 23.8 Å². The van der Waals surface area contributed by atoms with Crippen molar-refractivity contribution in [1.29, 1.82) is 0 Å². The average Bonchev–Trinajstić information content (AvgIpc) is 2.74. The van der Waals surface area contributed by atoms with Crippen molar-refractivity contribution in [2.45, 2.75) is 38.7 Å². The molecule has 2 heterocycles. The average molecular weight is 392 g/mol. The van der Waals surface area contributed by atoms with Gasteiger partial charge in [-0.2, -0.15) is 0 Å². The molecule has 2 amide bonds. The molecule has 152 valence electrons. The number of carbonyl (C=O) groups is 2. The van der Waals surface area contributed by atoms with Gasteiger partial charge in [0.15, 0.2) is 0 Å². The summed E-state index contributed by atoms with van der Waals surface area (Å²) in [6, 6.07) is 16.2. The van der Waals surface area contributed by atoms with Crippen LogP contribution in [0.5, 0.6) is 5.75 Å². The Bertz CT molecular complexity index is 919. The van der Waals surface area contributed by atoms with Crippen LogP contribution in [0.3, 0.4) is 0 Å². The molecule has 0 radical (unpaired) electrons. The maximum Gasteiger partial charge on any atom is 0.280 e. The molecule has 0 bridgehead atoms. The van der Waals surface area contributed by atoms with Crippen molar-refractivity contribution in [3.05, 3.63) is 59.7 Å². The highest BCUT2D eigenvalue weighted by atomic mass is 16.5. The number of rotatable bonds is 3. The fourth-order valence-corrected chi connectivity index (χ4v) is 4.39. The number of benzene rings is 2. The van der Waals surface area contributed by atoms with Gasteiger partial charge in [0, 0.05) is 20.1 Å². The van der Waals surface area contributed by atoms with Crippen molar-refractivity contribution in [3.63, 3.8) is 0 Å². The Balaban J connectivity index is 1.45. The lowest BCUT2D eigenvalue weighted by atomic mass is 9.89. The first-order valence-electron chi connectivity index (χ1n) is 10.3. The highest BCUT2D eigenvalue weighted by Gasteiger charge is 2.51. The lowest BCUT2D eigenvalue weighted by molar-refractivity contribution is -0.156. The van der Waals surface area contributed by atoms with Gasteiger partial charge in [-0.1, -0.05) is 36.4 Å². The van der Waals surface area contributed by atoms with Gasteiger partial charge in [0.2, 0.25) is 0 Å². The van der Waals surface area contributed by atoms with E-state index in [-0.39, 0.29) is 11.8 Å². The Kier molecular flexibility index (Phi) is 5.07. The molecule has 0 aromatic heterocycles. The second kappa shape index (κ2) is 7.54. The smallest absolute Gasteiger partial charge is 0.280 e. The number of amides is 2. The van der Waals surface area contributed by atoms with Crippen molar-refractivity contribution >= 4 is 17.5 Å². The fraction of sp³-hybridized carbons (Fsp3) is 0.417. The third-order valence-electron chi connectivity index (χ3n) is 6.18. The molecule has 0 saturated carbocycles. The summed E-state index contributed by atoms with van der Waals surface area (Å²) in [5, 5.41) is 0. The van der Waals surface area contributed by atoms with Gasteiger partial charge >= 0.3 is 0 Å². The molecule has 2 aliphatic rings. The molecular weight excluding hydrogens is 364 g/mol. The van der Waals surface area contributed by atoms with Gasteiger partial charge in [0.05, 0.1) is 5.69 Å². The molecule has 1 saturated heterocycles. The summed E-state index contributed by atoms with van der Waals surface area (Å²) in [6.07, 6.45) is 2.91. The van der Waals surface area contributed by atoms with E-state index < -0.39 is 5.60 Å². The van der Waals surface area contributed by atoms with Gasteiger partial charge < -0.3 is 14.5 Å². The number of likely N-dealkylation sites (tertiary alicyclic amines) is 1.